The summed E-state index contributed by atoms with van der Waals surface area (Å²) < 4.78 is 1.05. The lowest BCUT2D eigenvalue weighted by atomic mass is 9.56. The first-order chi connectivity index (χ1) is 16.5. The van der Waals surface area contributed by atoms with Gasteiger partial charge in [0.1, 0.15) is 5.75 Å². The molecule has 6 rings (SSSR count). The van der Waals surface area contributed by atoms with E-state index in [0.717, 1.165) is 47.9 Å². The third-order valence-electron chi connectivity index (χ3n) is 8.12. The molecule has 4 aromatic rings. The minimum absolute atomic E-state index is 0.255. The van der Waals surface area contributed by atoms with Crippen molar-refractivity contribution >= 4 is 26.8 Å². The van der Waals surface area contributed by atoms with E-state index in [1.165, 1.54) is 22.2 Å². The van der Waals surface area contributed by atoms with Gasteiger partial charge in [0.25, 0.3) is 0 Å². The molecule has 2 atom stereocenters. The number of β-amino-alcohol motifs (C(OH)–C–C–N with tert-alkyl or cyclic N) is 1. The minimum Gasteiger partial charge on any atom is -0.508 e. The maximum Gasteiger partial charge on any atom is 0.115 e. The van der Waals surface area contributed by atoms with Crippen LogP contribution < -0.4 is 0 Å². The number of phenolic OH excluding ortho intramolecular Hbond substituents is 1. The van der Waals surface area contributed by atoms with Crippen molar-refractivity contribution in [1.29, 1.82) is 0 Å². The van der Waals surface area contributed by atoms with E-state index in [-0.39, 0.29) is 5.75 Å². The number of likely N-dealkylation sites (tertiary alicyclic amines) is 1. The van der Waals surface area contributed by atoms with Crippen LogP contribution in [0.25, 0.3) is 10.9 Å². The van der Waals surface area contributed by atoms with Crippen molar-refractivity contribution in [3.63, 3.8) is 0 Å². The van der Waals surface area contributed by atoms with Gasteiger partial charge >= 0.3 is 0 Å². The van der Waals surface area contributed by atoms with Crippen LogP contribution in [-0.2, 0) is 24.7 Å². The van der Waals surface area contributed by atoms with E-state index in [1.807, 2.05) is 12.1 Å². The zero-order chi connectivity index (χ0) is 23.3. The van der Waals surface area contributed by atoms with Gasteiger partial charge in [-0.05, 0) is 70.2 Å². The summed E-state index contributed by atoms with van der Waals surface area (Å²) >= 11 is 3.70. The van der Waals surface area contributed by atoms with Gasteiger partial charge in [-0.2, -0.15) is 0 Å². The molecular weight excluding hydrogens is 488 g/mol. The number of aromatic amines is 1. The second kappa shape index (κ2) is 8.26. The Morgan fingerprint density at radius 3 is 2.62 bits per heavy atom. The highest BCUT2D eigenvalue weighted by Crippen LogP contribution is 2.52. The fourth-order valence-corrected chi connectivity index (χ4v) is 6.81. The Morgan fingerprint density at radius 1 is 0.971 bits per heavy atom. The number of phenols is 1. The second-order valence-electron chi connectivity index (χ2n) is 10.0. The molecule has 2 unspecified atom stereocenters. The molecule has 1 aromatic heterocycles. The summed E-state index contributed by atoms with van der Waals surface area (Å²) in [5.41, 5.74) is 4.50. The number of hydrogen-bond donors (Lipinski definition) is 3. The predicted octanol–water partition coefficient (Wildman–Crippen LogP) is 5.35. The van der Waals surface area contributed by atoms with Crippen molar-refractivity contribution in [3.8, 4) is 5.75 Å². The summed E-state index contributed by atoms with van der Waals surface area (Å²) in [7, 11) is 0. The van der Waals surface area contributed by atoms with Gasteiger partial charge in [-0.25, -0.2) is 0 Å². The highest BCUT2D eigenvalue weighted by atomic mass is 79.9. The van der Waals surface area contributed by atoms with E-state index >= 15 is 0 Å². The molecule has 5 heteroatoms. The summed E-state index contributed by atoms with van der Waals surface area (Å²) in [6.07, 6.45) is 3.14. The van der Waals surface area contributed by atoms with Gasteiger partial charge in [-0.3, -0.25) is 0 Å². The summed E-state index contributed by atoms with van der Waals surface area (Å²) in [6.45, 7) is 2.47. The van der Waals surface area contributed by atoms with Crippen molar-refractivity contribution < 1.29 is 10.2 Å². The van der Waals surface area contributed by atoms with Crippen LogP contribution in [0.2, 0.25) is 0 Å². The van der Waals surface area contributed by atoms with Crippen LogP contribution in [0.15, 0.2) is 77.3 Å². The lowest BCUT2D eigenvalue weighted by Gasteiger charge is -2.56. The molecule has 0 bridgehead atoms. The molecule has 0 radical (unpaired) electrons. The third-order valence-corrected chi connectivity index (χ3v) is 8.78. The lowest BCUT2D eigenvalue weighted by molar-refractivity contribution is -0.102. The van der Waals surface area contributed by atoms with Gasteiger partial charge in [-0.1, -0.05) is 54.6 Å². The van der Waals surface area contributed by atoms with E-state index in [2.05, 4.69) is 80.4 Å². The number of aromatic nitrogens is 1. The molecular formula is C29H29BrN2O2. The summed E-state index contributed by atoms with van der Waals surface area (Å²) in [5, 5.41) is 24.0. The van der Waals surface area contributed by atoms with E-state index in [4.69, 9.17) is 0 Å². The third kappa shape index (κ3) is 3.49. The molecule has 174 valence electrons. The molecule has 1 saturated heterocycles. The largest absolute Gasteiger partial charge is 0.508 e. The Morgan fingerprint density at radius 2 is 1.79 bits per heavy atom. The molecule has 0 saturated carbocycles. The van der Waals surface area contributed by atoms with Gasteiger partial charge < -0.3 is 20.1 Å². The van der Waals surface area contributed by atoms with Crippen LogP contribution in [0.1, 0.15) is 28.8 Å². The average molecular weight is 517 g/mol. The molecule has 3 N–H and O–H groups in total. The molecule has 3 aromatic carbocycles. The molecule has 0 amide bonds. The number of H-pyrrole nitrogens is 1. The number of para-hydroxylation sites is 1. The van der Waals surface area contributed by atoms with Crippen molar-refractivity contribution in [1.82, 2.24) is 9.88 Å². The molecule has 1 fully saturated rings. The van der Waals surface area contributed by atoms with Gasteiger partial charge in [-0.15, -0.1) is 0 Å². The maximum absolute atomic E-state index is 12.5. The topological polar surface area (TPSA) is 59.5 Å². The number of benzene rings is 3. The van der Waals surface area contributed by atoms with Crippen LogP contribution in [0, 0.1) is 0 Å². The smallest absolute Gasteiger partial charge is 0.115 e. The normalized spacial score (nSPS) is 24.6. The first kappa shape index (κ1) is 21.9. The highest BCUT2D eigenvalue weighted by Gasteiger charge is 2.57. The van der Waals surface area contributed by atoms with Crippen LogP contribution in [0.5, 0.6) is 5.75 Å². The zero-order valence-electron chi connectivity index (χ0n) is 19.1. The number of rotatable bonds is 4. The molecule has 1 aliphatic carbocycles. The Kier molecular flexibility index (Phi) is 5.32. The summed E-state index contributed by atoms with van der Waals surface area (Å²) in [5.74, 6) is 0.255. The van der Waals surface area contributed by atoms with Crippen LogP contribution in [0.3, 0.4) is 0 Å². The van der Waals surface area contributed by atoms with E-state index in [9.17, 15) is 10.2 Å². The maximum atomic E-state index is 12.5. The molecule has 1 aliphatic heterocycles. The van der Waals surface area contributed by atoms with E-state index in [0.29, 0.717) is 13.0 Å². The second-order valence-corrected chi connectivity index (χ2v) is 10.9. The number of aliphatic hydroxyl groups is 1. The number of aromatic hydroxyl groups is 1. The molecule has 34 heavy (non-hydrogen) atoms. The average Bonchev–Trinajstić information content (AvgIpc) is 3.19. The fraction of sp³-hybridized carbons (Fsp3) is 0.310. The lowest BCUT2D eigenvalue weighted by Crippen LogP contribution is -2.66. The van der Waals surface area contributed by atoms with E-state index < -0.39 is 11.0 Å². The monoisotopic (exact) mass is 516 g/mol. The number of piperidine rings is 1. The predicted molar refractivity (Wildman–Crippen MR) is 139 cm³/mol. The van der Waals surface area contributed by atoms with Gasteiger partial charge in [0.15, 0.2) is 0 Å². The quantitative estimate of drug-likeness (QED) is 0.342. The Balaban J connectivity index is 1.40. The number of fused-ring (bicyclic) bond motifs is 4. The van der Waals surface area contributed by atoms with Crippen molar-refractivity contribution in [2.24, 2.45) is 0 Å². The van der Waals surface area contributed by atoms with Crippen LogP contribution >= 0.6 is 15.9 Å². The number of hydrogen-bond acceptors (Lipinski definition) is 3. The number of nitrogens with one attached hydrogen (secondary N) is 1. The summed E-state index contributed by atoms with van der Waals surface area (Å²) in [4.78, 5) is 6.09. The summed E-state index contributed by atoms with van der Waals surface area (Å²) in [6, 6.07) is 24.4. The van der Waals surface area contributed by atoms with Gasteiger partial charge in [0.2, 0.25) is 0 Å². The zero-order valence-corrected chi connectivity index (χ0v) is 20.7. The Labute approximate surface area is 208 Å². The van der Waals surface area contributed by atoms with Crippen LogP contribution in [0.4, 0.5) is 0 Å². The molecule has 0 spiro atoms. The SMILES string of the molecule is Oc1cccc(C23CCN(CCc4ccccc4)CC2(O)Cc2c([nH]c4c(Br)cccc24)C3)c1. The van der Waals surface area contributed by atoms with Gasteiger partial charge in [0.05, 0.1) is 11.1 Å². The molecule has 2 heterocycles. The van der Waals surface area contributed by atoms with Crippen molar-refractivity contribution in [2.75, 3.05) is 19.6 Å². The first-order valence-corrected chi connectivity index (χ1v) is 12.8. The first-order valence-electron chi connectivity index (χ1n) is 12.0. The van der Waals surface area contributed by atoms with Crippen molar-refractivity contribution in [2.45, 2.75) is 36.7 Å². The number of nitrogens with zero attached hydrogens (tertiary/aromatic N) is 1. The standard InChI is InChI=1S/C29H29BrN2O2/c30-25-11-5-10-23-24-17-29(34)19-32(14-12-20-6-2-1-3-7-20)15-13-28(29,18-26(24)31-27(23)25)21-8-4-9-22(33)16-21/h1-11,16,31,33-34H,12-15,17-19H2. The minimum atomic E-state index is -0.930. The van der Waals surface area contributed by atoms with E-state index in [1.54, 1.807) is 6.07 Å². The Hall–Kier alpha value is -2.60. The molecule has 4 nitrogen and oxygen atoms in total. The van der Waals surface area contributed by atoms with Crippen LogP contribution in [-0.4, -0.2) is 45.3 Å². The molecule has 2 aliphatic rings. The fourth-order valence-electron chi connectivity index (χ4n) is 6.34. The highest BCUT2D eigenvalue weighted by molar-refractivity contribution is 9.10. The van der Waals surface area contributed by atoms with Crippen molar-refractivity contribution in [3.05, 3.63) is 99.7 Å². The Bertz CT molecular complexity index is 1350. The van der Waals surface area contributed by atoms with Gasteiger partial charge in [0, 0.05) is 46.9 Å². The number of halogens is 1.